The van der Waals surface area contributed by atoms with E-state index in [2.05, 4.69) is 149 Å². The zero-order valence-corrected chi connectivity index (χ0v) is 28.9. The number of hydrogen-bond donors (Lipinski definition) is 0. The predicted molar refractivity (Wildman–Crippen MR) is 176 cm³/mol. The zero-order valence-electron chi connectivity index (χ0n) is 25.6. The summed E-state index contributed by atoms with van der Waals surface area (Å²) in [6.07, 6.45) is 9.72. The molecule has 0 aliphatic heterocycles. The Labute approximate surface area is 267 Å². The minimum absolute atomic E-state index is 0.177. The SMILES string of the molecule is CC(C)(C)c1c[c-]c2c(c1)-c1cc(C(C)(C)C)ccc1C2.CC1[C-]=CC(c2cccs2)=C1.[Zr+2]=[CH]Cc1ccccc1. The minimum atomic E-state index is 0.177. The third-order valence-electron chi connectivity index (χ3n) is 7.44. The molecule has 0 saturated heterocycles. The monoisotopic (exact) mass is 632 g/mol. The van der Waals surface area contributed by atoms with E-state index in [1.807, 2.05) is 6.07 Å². The number of allylic oxidation sites excluding steroid dienone is 4. The topological polar surface area (TPSA) is 0 Å². The van der Waals surface area contributed by atoms with Crippen molar-refractivity contribution in [1.29, 1.82) is 0 Å². The molecular formula is C39H42SZr. The Morgan fingerprint density at radius 1 is 0.878 bits per heavy atom. The molecule has 1 aromatic heterocycles. The molecule has 4 aromatic rings. The molecule has 2 aliphatic carbocycles. The van der Waals surface area contributed by atoms with Gasteiger partial charge in [0.2, 0.25) is 0 Å². The maximum atomic E-state index is 3.53. The fourth-order valence-electron chi connectivity index (χ4n) is 4.90. The summed E-state index contributed by atoms with van der Waals surface area (Å²) in [6, 6.07) is 29.8. The van der Waals surface area contributed by atoms with E-state index in [4.69, 9.17) is 0 Å². The molecular weight excluding hydrogens is 592 g/mol. The van der Waals surface area contributed by atoms with Gasteiger partial charge in [-0.1, -0.05) is 101 Å². The van der Waals surface area contributed by atoms with Gasteiger partial charge in [0.25, 0.3) is 0 Å². The van der Waals surface area contributed by atoms with Crippen LogP contribution in [-0.2, 0) is 47.9 Å². The first-order valence-corrected chi connectivity index (χ1v) is 16.8. The van der Waals surface area contributed by atoms with Gasteiger partial charge in [-0.25, -0.2) is 6.08 Å². The molecule has 0 radical (unpaired) electrons. The Hall–Kier alpha value is -2.41. The third-order valence-corrected chi connectivity index (χ3v) is 8.86. The quantitative estimate of drug-likeness (QED) is 0.173. The van der Waals surface area contributed by atoms with Gasteiger partial charge in [-0.15, -0.1) is 5.56 Å². The molecule has 0 saturated carbocycles. The summed E-state index contributed by atoms with van der Waals surface area (Å²) in [7, 11) is 0. The van der Waals surface area contributed by atoms with E-state index < -0.39 is 0 Å². The Balaban J connectivity index is 0.000000161. The molecule has 2 aliphatic rings. The van der Waals surface area contributed by atoms with E-state index in [9.17, 15) is 0 Å². The van der Waals surface area contributed by atoms with Crippen LogP contribution in [-0.4, -0.2) is 3.71 Å². The Kier molecular flexibility index (Phi) is 10.5. The van der Waals surface area contributed by atoms with Crippen molar-refractivity contribution in [2.75, 3.05) is 0 Å². The Morgan fingerprint density at radius 3 is 2.17 bits per heavy atom. The number of thiophene rings is 1. The molecule has 0 nitrogen and oxygen atoms in total. The van der Waals surface area contributed by atoms with E-state index in [-0.39, 0.29) is 10.8 Å². The van der Waals surface area contributed by atoms with E-state index in [0.29, 0.717) is 5.92 Å². The van der Waals surface area contributed by atoms with Crippen molar-refractivity contribution in [3.8, 4) is 11.1 Å². The summed E-state index contributed by atoms with van der Waals surface area (Å²) in [5.41, 5.74) is 11.5. The number of fused-ring (bicyclic) bond motifs is 3. The average Bonchev–Trinajstić information content (AvgIpc) is 3.68. The molecule has 3 aromatic carbocycles. The van der Waals surface area contributed by atoms with Gasteiger partial charge in [0.15, 0.2) is 0 Å². The molecule has 1 atom stereocenters. The van der Waals surface area contributed by atoms with Gasteiger partial charge in [0, 0.05) is 0 Å². The Morgan fingerprint density at radius 2 is 1.59 bits per heavy atom. The van der Waals surface area contributed by atoms with E-state index in [1.165, 1.54) is 73.6 Å². The summed E-state index contributed by atoms with van der Waals surface area (Å²) < 4.78 is 2.25. The predicted octanol–water partition coefficient (Wildman–Crippen LogP) is 10.4. The van der Waals surface area contributed by atoms with Crippen LogP contribution < -0.4 is 0 Å². The molecule has 0 spiro atoms. The van der Waals surface area contributed by atoms with Gasteiger partial charge >= 0.3 is 70.3 Å². The van der Waals surface area contributed by atoms with Crippen molar-refractivity contribution in [1.82, 2.24) is 0 Å². The molecule has 6 rings (SSSR count). The van der Waals surface area contributed by atoms with E-state index in [1.54, 1.807) is 11.3 Å². The molecule has 0 N–H and O–H groups in total. The van der Waals surface area contributed by atoms with Crippen molar-refractivity contribution >= 4 is 20.6 Å². The summed E-state index contributed by atoms with van der Waals surface area (Å²) in [5.74, 6) is 0.493. The average molecular weight is 634 g/mol. The van der Waals surface area contributed by atoms with Crippen LogP contribution in [0.3, 0.4) is 0 Å². The number of rotatable bonds is 3. The van der Waals surface area contributed by atoms with E-state index in [0.717, 1.165) is 12.8 Å². The first-order valence-electron chi connectivity index (χ1n) is 14.5. The zero-order chi connectivity index (χ0) is 29.6. The summed E-state index contributed by atoms with van der Waals surface area (Å²) in [5, 5.41) is 2.10. The molecule has 1 heterocycles. The van der Waals surface area contributed by atoms with Gasteiger partial charge in [-0.3, -0.25) is 6.08 Å². The van der Waals surface area contributed by atoms with Crippen LogP contribution in [0.1, 0.15) is 81.2 Å². The standard InChI is InChI=1S/C21H25.C10H9S.C8H8.Zr/c1-20(2,3)16-9-7-14-11-15-8-10-17(21(4,5)6)13-19(15)18(14)12-16;1-8-4-5-9(7-8)10-3-2-6-11-10;1-2-8-6-4-3-5-7-8;/h7,9-10,12-13H,11H2,1-6H3;2-3,5-8H,1H3;1,3-7H,2H2;/q2*-1;;+2. The van der Waals surface area contributed by atoms with Crippen molar-refractivity contribution in [3.63, 3.8) is 0 Å². The molecule has 41 heavy (non-hydrogen) atoms. The van der Waals surface area contributed by atoms with Crippen molar-refractivity contribution in [2.24, 2.45) is 5.92 Å². The van der Waals surface area contributed by atoms with Gasteiger partial charge in [0.05, 0.1) is 0 Å². The van der Waals surface area contributed by atoms with Crippen molar-refractivity contribution in [3.05, 3.63) is 135 Å². The summed E-state index contributed by atoms with van der Waals surface area (Å²) in [6.45, 7) is 15.8. The molecule has 2 heteroatoms. The van der Waals surface area contributed by atoms with Gasteiger partial charge in [-0.2, -0.15) is 52.3 Å². The molecule has 208 valence electrons. The second kappa shape index (κ2) is 13.7. The summed E-state index contributed by atoms with van der Waals surface area (Å²) in [4.78, 5) is 1.35. The van der Waals surface area contributed by atoms with Crippen LogP contribution in [0.15, 0.2) is 90.3 Å². The van der Waals surface area contributed by atoms with Crippen LogP contribution in [0.2, 0.25) is 0 Å². The van der Waals surface area contributed by atoms with Crippen LogP contribution in [0.4, 0.5) is 0 Å². The fourth-order valence-corrected chi connectivity index (χ4v) is 6.20. The van der Waals surface area contributed by atoms with Crippen LogP contribution in [0.25, 0.3) is 16.7 Å². The Bertz CT molecular complexity index is 1440. The fraction of sp³-hybridized carbons (Fsp3) is 0.308. The molecule has 0 fully saturated rings. The summed E-state index contributed by atoms with van der Waals surface area (Å²) >= 11 is 3.29. The second-order valence-corrected chi connectivity index (χ2v) is 14.9. The van der Waals surface area contributed by atoms with Crippen LogP contribution >= 0.6 is 11.3 Å². The van der Waals surface area contributed by atoms with Crippen LogP contribution in [0.5, 0.6) is 0 Å². The first-order chi connectivity index (χ1) is 19.5. The molecule has 0 amide bonds. The maximum absolute atomic E-state index is 3.53. The van der Waals surface area contributed by atoms with Crippen molar-refractivity contribution < 1.29 is 24.2 Å². The second-order valence-electron chi connectivity index (χ2n) is 12.9. The molecule has 1 unspecified atom stereocenters. The number of hydrogen-bond acceptors (Lipinski definition) is 1. The van der Waals surface area contributed by atoms with Gasteiger partial charge in [-0.05, 0) is 27.7 Å². The van der Waals surface area contributed by atoms with Gasteiger partial charge in [0.1, 0.15) is 0 Å². The third kappa shape index (κ3) is 8.56. The first kappa shape index (κ1) is 31.5. The van der Waals surface area contributed by atoms with Crippen LogP contribution in [0, 0.1) is 18.1 Å². The normalized spacial score (nSPS) is 15.1. The van der Waals surface area contributed by atoms with E-state index >= 15 is 0 Å². The number of benzene rings is 3. The van der Waals surface area contributed by atoms with Gasteiger partial charge < -0.3 is 0 Å². The molecule has 0 bridgehead atoms. The van der Waals surface area contributed by atoms with Crippen molar-refractivity contribution in [2.45, 2.75) is 72.1 Å².